The Balaban J connectivity index is 1.75. The molecular formula is C20H20Cl2N2. The van der Waals surface area contributed by atoms with Crippen molar-refractivity contribution in [1.29, 1.82) is 0 Å². The van der Waals surface area contributed by atoms with Crippen LogP contribution >= 0.6 is 23.2 Å². The van der Waals surface area contributed by atoms with Gasteiger partial charge < -0.3 is 0 Å². The highest BCUT2D eigenvalue weighted by Crippen LogP contribution is 2.34. The van der Waals surface area contributed by atoms with E-state index in [0.29, 0.717) is 11.8 Å². The molecule has 1 aromatic heterocycles. The Bertz CT molecular complexity index is 843. The molecule has 124 valence electrons. The van der Waals surface area contributed by atoms with Crippen molar-refractivity contribution in [2.75, 3.05) is 0 Å². The predicted octanol–water partition coefficient (Wildman–Crippen LogP) is 6.31. The van der Waals surface area contributed by atoms with Gasteiger partial charge in [-0.2, -0.15) is 0 Å². The van der Waals surface area contributed by atoms with Gasteiger partial charge in [0.25, 0.3) is 0 Å². The van der Waals surface area contributed by atoms with Gasteiger partial charge >= 0.3 is 0 Å². The number of fused-ring (bicyclic) bond motifs is 1. The van der Waals surface area contributed by atoms with E-state index >= 15 is 0 Å². The van der Waals surface area contributed by atoms with Gasteiger partial charge in [-0.25, -0.2) is 0 Å². The summed E-state index contributed by atoms with van der Waals surface area (Å²) in [4.78, 5) is 8.87. The molecule has 0 spiro atoms. The topological polar surface area (TPSA) is 25.8 Å². The van der Waals surface area contributed by atoms with Crippen molar-refractivity contribution in [2.45, 2.75) is 32.6 Å². The second-order valence-corrected chi connectivity index (χ2v) is 7.16. The SMILES string of the molecule is CC(CCc1cccc2nccnc12)C(C)c1cc(Cl)ccc1Cl. The van der Waals surface area contributed by atoms with Crippen LogP contribution in [-0.2, 0) is 6.42 Å². The Hall–Kier alpha value is -1.64. The van der Waals surface area contributed by atoms with Crippen molar-refractivity contribution in [3.63, 3.8) is 0 Å². The van der Waals surface area contributed by atoms with Crippen LogP contribution in [0.4, 0.5) is 0 Å². The lowest BCUT2D eigenvalue weighted by molar-refractivity contribution is 0.454. The molecule has 0 saturated heterocycles. The third kappa shape index (κ3) is 3.71. The minimum Gasteiger partial charge on any atom is -0.253 e. The van der Waals surface area contributed by atoms with Crippen LogP contribution in [0.1, 0.15) is 37.3 Å². The molecule has 2 nitrogen and oxygen atoms in total. The Morgan fingerprint density at radius 1 is 1.00 bits per heavy atom. The van der Waals surface area contributed by atoms with E-state index in [4.69, 9.17) is 23.2 Å². The van der Waals surface area contributed by atoms with E-state index in [1.165, 1.54) is 5.56 Å². The standard InChI is InChI=1S/C20H20Cl2N2/c1-13(14(2)17-12-16(21)8-9-18(17)22)6-7-15-4-3-5-19-20(15)24-11-10-23-19/h3-5,8-14H,6-7H2,1-2H3. The van der Waals surface area contributed by atoms with E-state index < -0.39 is 0 Å². The molecule has 2 aromatic carbocycles. The number of aromatic nitrogens is 2. The maximum Gasteiger partial charge on any atom is 0.0918 e. The Labute approximate surface area is 152 Å². The summed E-state index contributed by atoms with van der Waals surface area (Å²) in [6.07, 6.45) is 5.51. The van der Waals surface area contributed by atoms with E-state index in [0.717, 1.165) is 39.5 Å². The second kappa shape index (κ2) is 7.50. The Morgan fingerprint density at radius 2 is 1.79 bits per heavy atom. The van der Waals surface area contributed by atoms with Crippen LogP contribution in [-0.4, -0.2) is 9.97 Å². The third-order valence-corrected chi connectivity index (χ3v) is 5.33. The van der Waals surface area contributed by atoms with E-state index in [2.05, 4.69) is 29.9 Å². The first kappa shape index (κ1) is 17.2. The first-order valence-electron chi connectivity index (χ1n) is 8.20. The number of benzene rings is 2. The van der Waals surface area contributed by atoms with Crippen LogP contribution in [0.3, 0.4) is 0 Å². The lowest BCUT2D eigenvalue weighted by atomic mass is 9.85. The number of nitrogens with zero attached hydrogens (tertiary/aromatic N) is 2. The average molecular weight is 359 g/mol. The molecule has 3 aromatic rings. The van der Waals surface area contributed by atoms with Crippen LogP contribution in [0.5, 0.6) is 0 Å². The number of hydrogen-bond acceptors (Lipinski definition) is 2. The molecule has 2 unspecified atom stereocenters. The fourth-order valence-corrected chi connectivity index (χ4v) is 3.53. The summed E-state index contributed by atoms with van der Waals surface area (Å²) >= 11 is 12.5. The lowest BCUT2D eigenvalue weighted by Gasteiger charge is -2.22. The van der Waals surface area contributed by atoms with Crippen LogP contribution in [0.25, 0.3) is 11.0 Å². The van der Waals surface area contributed by atoms with E-state index in [1.54, 1.807) is 12.4 Å². The molecule has 4 heteroatoms. The first-order chi connectivity index (χ1) is 11.6. The monoisotopic (exact) mass is 358 g/mol. The van der Waals surface area contributed by atoms with Gasteiger partial charge in [0.2, 0.25) is 0 Å². The minimum atomic E-state index is 0.345. The second-order valence-electron chi connectivity index (χ2n) is 6.31. The summed E-state index contributed by atoms with van der Waals surface area (Å²) in [5.41, 5.74) is 4.32. The van der Waals surface area contributed by atoms with Crippen molar-refractivity contribution >= 4 is 34.2 Å². The van der Waals surface area contributed by atoms with Gasteiger partial charge in [0, 0.05) is 22.4 Å². The van der Waals surface area contributed by atoms with Gasteiger partial charge in [-0.05, 0) is 60.1 Å². The minimum absolute atomic E-state index is 0.345. The molecule has 0 N–H and O–H groups in total. The van der Waals surface area contributed by atoms with Gasteiger partial charge in [0.05, 0.1) is 11.0 Å². The molecule has 0 fully saturated rings. The maximum atomic E-state index is 6.35. The van der Waals surface area contributed by atoms with Gasteiger partial charge in [-0.1, -0.05) is 49.2 Å². The number of hydrogen-bond donors (Lipinski definition) is 0. The highest BCUT2D eigenvalue weighted by molar-refractivity contribution is 6.33. The molecule has 3 rings (SSSR count). The van der Waals surface area contributed by atoms with Crippen molar-refractivity contribution in [3.05, 3.63) is 70.0 Å². The van der Waals surface area contributed by atoms with Crippen LogP contribution < -0.4 is 0 Å². The number of rotatable bonds is 5. The molecule has 0 amide bonds. The zero-order valence-corrected chi connectivity index (χ0v) is 15.3. The molecular weight excluding hydrogens is 339 g/mol. The van der Waals surface area contributed by atoms with Crippen LogP contribution in [0.15, 0.2) is 48.8 Å². The molecule has 0 saturated carbocycles. The third-order valence-electron chi connectivity index (χ3n) is 4.75. The van der Waals surface area contributed by atoms with Gasteiger partial charge in [0.1, 0.15) is 0 Å². The van der Waals surface area contributed by atoms with Crippen LogP contribution in [0, 0.1) is 5.92 Å². The van der Waals surface area contributed by atoms with Crippen molar-refractivity contribution in [3.8, 4) is 0 Å². The Kier molecular flexibility index (Phi) is 5.37. The largest absolute Gasteiger partial charge is 0.253 e. The van der Waals surface area contributed by atoms with E-state index in [-0.39, 0.29) is 0 Å². The van der Waals surface area contributed by atoms with Gasteiger partial charge in [-0.3, -0.25) is 9.97 Å². The number of para-hydroxylation sites is 1. The average Bonchev–Trinajstić information content (AvgIpc) is 2.61. The molecule has 0 aliphatic rings. The molecule has 0 radical (unpaired) electrons. The summed E-state index contributed by atoms with van der Waals surface area (Å²) in [7, 11) is 0. The highest BCUT2D eigenvalue weighted by atomic mass is 35.5. The van der Waals surface area contributed by atoms with Crippen molar-refractivity contribution in [1.82, 2.24) is 9.97 Å². The van der Waals surface area contributed by atoms with Gasteiger partial charge in [-0.15, -0.1) is 0 Å². The molecule has 0 aliphatic carbocycles. The summed E-state index contributed by atoms with van der Waals surface area (Å²) in [6.45, 7) is 4.48. The summed E-state index contributed by atoms with van der Waals surface area (Å²) in [5, 5.41) is 1.52. The smallest absolute Gasteiger partial charge is 0.0918 e. The molecule has 0 aliphatic heterocycles. The fourth-order valence-electron chi connectivity index (χ4n) is 3.06. The first-order valence-corrected chi connectivity index (χ1v) is 8.95. The summed E-state index contributed by atoms with van der Waals surface area (Å²) in [6, 6.07) is 11.9. The van der Waals surface area contributed by atoms with E-state index in [9.17, 15) is 0 Å². The normalized spacial score (nSPS) is 13.8. The fraction of sp³-hybridized carbons (Fsp3) is 0.300. The van der Waals surface area contributed by atoms with Gasteiger partial charge in [0.15, 0.2) is 0 Å². The molecule has 2 atom stereocenters. The maximum absolute atomic E-state index is 6.35. The quantitative estimate of drug-likeness (QED) is 0.533. The lowest BCUT2D eigenvalue weighted by Crippen LogP contribution is -2.08. The zero-order valence-electron chi connectivity index (χ0n) is 13.8. The highest BCUT2D eigenvalue weighted by Gasteiger charge is 2.18. The van der Waals surface area contributed by atoms with Crippen molar-refractivity contribution < 1.29 is 0 Å². The number of aryl methyl sites for hydroxylation is 1. The summed E-state index contributed by atoms with van der Waals surface area (Å²) in [5.74, 6) is 0.824. The predicted molar refractivity (Wildman–Crippen MR) is 102 cm³/mol. The van der Waals surface area contributed by atoms with Crippen molar-refractivity contribution in [2.24, 2.45) is 5.92 Å². The molecule has 24 heavy (non-hydrogen) atoms. The van der Waals surface area contributed by atoms with E-state index in [1.807, 2.05) is 30.3 Å². The van der Waals surface area contributed by atoms with Crippen LogP contribution in [0.2, 0.25) is 10.0 Å². The molecule has 1 heterocycles. The molecule has 0 bridgehead atoms. The Morgan fingerprint density at radius 3 is 2.62 bits per heavy atom. The summed E-state index contributed by atoms with van der Waals surface area (Å²) < 4.78 is 0. The number of halogens is 2. The zero-order chi connectivity index (χ0) is 17.1.